The molecule has 0 spiro atoms. The molecule has 3 aromatic rings. The largest absolute Gasteiger partial charge is 0.353 e. The van der Waals surface area contributed by atoms with Gasteiger partial charge in [-0.15, -0.1) is 0 Å². The summed E-state index contributed by atoms with van der Waals surface area (Å²) in [6.07, 6.45) is 0. The molecule has 0 unspecified atom stereocenters. The molecule has 21 heavy (non-hydrogen) atoms. The maximum Gasteiger partial charge on any atom is 0.0810 e. The van der Waals surface area contributed by atoms with Gasteiger partial charge in [0.25, 0.3) is 0 Å². The van der Waals surface area contributed by atoms with Gasteiger partial charge in [0.05, 0.1) is 11.4 Å². The van der Waals surface area contributed by atoms with Crippen LogP contribution < -0.4 is 5.84 Å². The zero-order valence-electron chi connectivity index (χ0n) is 12.6. The van der Waals surface area contributed by atoms with E-state index in [1.54, 1.807) is 0 Å². The van der Waals surface area contributed by atoms with Crippen molar-refractivity contribution in [3.05, 3.63) is 59.3 Å². The van der Waals surface area contributed by atoms with Crippen LogP contribution in [0.15, 0.2) is 47.6 Å². The fourth-order valence-electron chi connectivity index (χ4n) is 2.95. The first kappa shape index (κ1) is 13.4. The van der Waals surface area contributed by atoms with E-state index >= 15 is 0 Å². The Labute approximate surface area is 124 Å². The fraction of sp³-hybridized carbons (Fsp3) is 0.167. The molecule has 0 saturated carbocycles. The van der Waals surface area contributed by atoms with Crippen molar-refractivity contribution in [2.75, 3.05) is 0 Å². The second kappa shape index (κ2) is 5.09. The molecule has 0 aliphatic carbocycles. The number of nitrogens with zero attached hydrogens (tertiary/aromatic N) is 1. The van der Waals surface area contributed by atoms with Crippen LogP contribution in [0.2, 0.25) is 0 Å². The molecule has 2 aromatic carbocycles. The molecule has 0 aliphatic rings. The molecule has 0 bridgehead atoms. The van der Waals surface area contributed by atoms with Crippen LogP contribution in [0.4, 0.5) is 0 Å². The number of nitrogens with two attached hydrogens (primary N) is 1. The van der Waals surface area contributed by atoms with Crippen molar-refractivity contribution in [1.82, 2.24) is 4.98 Å². The lowest BCUT2D eigenvalue weighted by Gasteiger charge is -2.06. The molecule has 1 heterocycles. The van der Waals surface area contributed by atoms with Crippen LogP contribution in [0.5, 0.6) is 0 Å². The van der Waals surface area contributed by atoms with Crippen molar-refractivity contribution in [1.29, 1.82) is 0 Å². The van der Waals surface area contributed by atoms with Crippen molar-refractivity contribution in [2.24, 2.45) is 10.9 Å². The van der Waals surface area contributed by atoms with Crippen molar-refractivity contribution in [2.45, 2.75) is 20.8 Å². The average molecular weight is 277 g/mol. The summed E-state index contributed by atoms with van der Waals surface area (Å²) in [5.41, 5.74) is 7.79. The van der Waals surface area contributed by atoms with Gasteiger partial charge in [-0.3, -0.25) is 0 Å². The van der Waals surface area contributed by atoms with Gasteiger partial charge < -0.3 is 10.8 Å². The Hall–Kier alpha value is -2.55. The molecule has 1 aromatic heterocycles. The standard InChI is InChI=1S/C18H19N3/c1-11-9-12(2)16-15(10-11)20-18(13(3)21-19)17(16)14-7-5-4-6-8-14/h4-10,20H,19H2,1-3H3/b21-13+. The SMILES string of the molecule is C/C(=N\N)c1[nH]c2cc(C)cc(C)c2c1-c1ccccc1. The van der Waals surface area contributed by atoms with E-state index in [2.05, 4.69) is 60.3 Å². The van der Waals surface area contributed by atoms with Gasteiger partial charge in [0.15, 0.2) is 0 Å². The van der Waals surface area contributed by atoms with Crippen molar-refractivity contribution in [3.63, 3.8) is 0 Å². The normalized spacial score (nSPS) is 12.0. The van der Waals surface area contributed by atoms with Gasteiger partial charge in [0.2, 0.25) is 0 Å². The molecule has 0 fully saturated rings. The molecular formula is C18H19N3. The highest BCUT2D eigenvalue weighted by Gasteiger charge is 2.17. The number of hydrogen-bond donors (Lipinski definition) is 2. The minimum atomic E-state index is 0.808. The lowest BCUT2D eigenvalue weighted by Crippen LogP contribution is -2.01. The Bertz CT molecular complexity index is 827. The quantitative estimate of drug-likeness (QED) is 0.413. The lowest BCUT2D eigenvalue weighted by atomic mass is 9.97. The number of aromatic nitrogens is 1. The predicted molar refractivity (Wildman–Crippen MR) is 89.6 cm³/mol. The summed E-state index contributed by atoms with van der Waals surface area (Å²) in [5.74, 6) is 5.51. The number of aryl methyl sites for hydroxylation is 2. The van der Waals surface area contributed by atoms with E-state index in [1.807, 2.05) is 13.0 Å². The van der Waals surface area contributed by atoms with Crippen molar-refractivity contribution < 1.29 is 0 Å². The number of benzene rings is 2. The molecule has 3 rings (SSSR count). The highest BCUT2D eigenvalue weighted by molar-refractivity contribution is 6.12. The third kappa shape index (κ3) is 2.21. The number of aromatic amines is 1. The summed E-state index contributed by atoms with van der Waals surface area (Å²) >= 11 is 0. The van der Waals surface area contributed by atoms with Gasteiger partial charge in [-0.2, -0.15) is 5.10 Å². The van der Waals surface area contributed by atoms with Crippen LogP contribution >= 0.6 is 0 Å². The molecular weight excluding hydrogens is 258 g/mol. The van der Waals surface area contributed by atoms with E-state index in [0.717, 1.165) is 16.9 Å². The number of fused-ring (bicyclic) bond motifs is 1. The van der Waals surface area contributed by atoms with Gasteiger partial charge in [-0.25, -0.2) is 0 Å². The molecule has 3 N–H and O–H groups in total. The third-order valence-electron chi connectivity index (χ3n) is 3.86. The minimum absolute atomic E-state index is 0.808. The van der Waals surface area contributed by atoms with Gasteiger partial charge in [0.1, 0.15) is 0 Å². The molecule has 106 valence electrons. The van der Waals surface area contributed by atoms with E-state index in [1.165, 1.54) is 27.6 Å². The number of rotatable bonds is 2. The molecule has 0 saturated heterocycles. The van der Waals surface area contributed by atoms with E-state index in [4.69, 9.17) is 5.84 Å². The van der Waals surface area contributed by atoms with Crippen LogP contribution in [0.25, 0.3) is 22.0 Å². The summed E-state index contributed by atoms with van der Waals surface area (Å²) in [4.78, 5) is 3.48. The van der Waals surface area contributed by atoms with Gasteiger partial charge in [-0.1, -0.05) is 36.4 Å². The summed E-state index contributed by atoms with van der Waals surface area (Å²) in [7, 11) is 0. The second-order valence-corrected chi connectivity index (χ2v) is 5.46. The monoisotopic (exact) mass is 277 g/mol. The Kier molecular flexibility index (Phi) is 3.26. The average Bonchev–Trinajstić information content (AvgIpc) is 2.86. The second-order valence-electron chi connectivity index (χ2n) is 5.46. The molecule has 0 atom stereocenters. The van der Waals surface area contributed by atoms with Crippen LogP contribution in [0.3, 0.4) is 0 Å². The van der Waals surface area contributed by atoms with Crippen LogP contribution in [-0.2, 0) is 0 Å². The molecule has 0 radical (unpaired) electrons. The zero-order valence-corrected chi connectivity index (χ0v) is 12.6. The molecule has 0 amide bonds. The maximum atomic E-state index is 5.51. The number of hydrazone groups is 1. The molecule has 3 nitrogen and oxygen atoms in total. The Morgan fingerprint density at radius 3 is 2.48 bits per heavy atom. The maximum absolute atomic E-state index is 5.51. The van der Waals surface area contributed by atoms with E-state index in [-0.39, 0.29) is 0 Å². The van der Waals surface area contributed by atoms with Gasteiger partial charge >= 0.3 is 0 Å². The first-order valence-corrected chi connectivity index (χ1v) is 7.05. The third-order valence-corrected chi connectivity index (χ3v) is 3.86. The van der Waals surface area contributed by atoms with Crippen LogP contribution in [-0.4, -0.2) is 10.7 Å². The highest BCUT2D eigenvalue weighted by atomic mass is 15.1. The Morgan fingerprint density at radius 1 is 1.10 bits per heavy atom. The van der Waals surface area contributed by atoms with E-state index in [0.29, 0.717) is 0 Å². The zero-order chi connectivity index (χ0) is 15.0. The lowest BCUT2D eigenvalue weighted by molar-refractivity contribution is 1.22. The van der Waals surface area contributed by atoms with Gasteiger partial charge in [0, 0.05) is 16.5 Å². The van der Waals surface area contributed by atoms with Crippen molar-refractivity contribution >= 4 is 16.6 Å². The fourth-order valence-corrected chi connectivity index (χ4v) is 2.95. The highest BCUT2D eigenvalue weighted by Crippen LogP contribution is 2.35. The number of hydrogen-bond acceptors (Lipinski definition) is 2. The van der Waals surface area contributed by atoms with E-state index < -0.39 is 0 Å². The first-order chi connectivity index (χ1) is 10.1. The topological polar surface area (TPSA) is 54.2 Å². The number of nitrogens with one attached hydrogen (secondary N) is 1. The Morgan fingerprint density at radius 2 is 1.81 bits per heavy atom. The molecule has 3 heteroatoms. The first-order valence-electron chi connectivity index (χ1n) is 7.05. The van der Waals surface area contributed by atoms with Crippen molar-refractivity contribution in [3.8, 4) is 11.1 Å². The van der Waals surface area contributed by atoms with Crippen LogP contribution in [0, 0.1) is 13.8 Å². The minimum Gasteiger partial charge on any atom is -0.353 e. The summed E-state index contributed by atoms with van der Waals surface area (Å²) in [5, 5.41) is 5.12. The van der Waals surface area contributed by atoms with Crippen LogP contribution in [0.1, 0.15) is 23.7 Å². The summed E-state index contributed by atoms with van der Waals surface area (Å²) in [6, 6.07) is 14.7. The Balaban J connectivity index is 2.44. The summed E-state index contributed by atoms with van der Waals surface area (Å²) in [6.45, 7) is 6.19. The molecule has 0 aliphatic heterocycles. The van der Waals surface area contributed by atoms with Gasteiger partial charge in [-0.05, 0) is 43.5 Å². The summed E-state index contributed by atoms with van der Waals surface area (Å²) < 4.78 is 0. The predicted octanol–water partition coefficient (Wildman–Crippen LogP) is 4.13. The van der Waals surface area contributed by atoms with E-state index in [9.17, 15) is 0 Å². The number of H-pyrrole nitrogens is 1. The smallest absolute Gasteiger partial charge is 0.0810 e.